The average molecular weight is 621 g/mol. The SMILES string of the molecule is CCc1cnc2c(Nc3cccc(-c4cccc(Nc5nccc6cc(CN7CCCC7)cnc56)c4Cl)c3Cl)nccc2c1. The van der Waals surface area contributed by atoms with Gasteiger partial charge >= 0.3 is 0 Å². The summed E-state index contributed by atoms with van der Waals surface area (Å²) < 4.78 is 0. The molecule has 9 heteroatoms. The second-order valence-electron chi connectivity index (χ2n) is 11.1. The highest BCUT2D eigenvalue weighted by Gasteiger charge is 2.17. The molecule has 220 valence electrons. The highest BCUT2D eigenvalue weighted by Crippen LogP contribution is 2.42. The van der Waals surface area contributed by atoms with Gasteiger partial charge in [0.05, 0.1) is 21.4 Å². The highest BCUT2D eigenvalue weighted by atomic mass is 35.5. The molecule has 0 unspecified atom stereocenters. The smallest absolute Gasteiger partial charge is 0.156 e. The van der Waals surface area contributed by atoms with E-state index in [-0.39, 0.29) is 0 Å². The molecule has 0 spiro atoms. The normalized spacial score (nSPS) is 13.5. The molecule has 1 saturated heterocycles. The van der Waals surface area contributed by atoms with Gasteiger partial charge in [-0.3, -0.25) is 14.9 Å². The maximum absolute atomic E-state index is 7.04. The highest BCUT2D eigenvalue weighted by molar-refractivity contribution is 6.39. The Morgan fingerprint density at radius 2 is 1.20 bits per heavy atom. The first-order valence-corrected chi connectivity index (χ1v) is 15.6. The number of halogens is 2. The third kappa shape index (κ3) is 5.66. The van der Waals surface area contributed by atoms with Crippen molar-refractivity contribution in [3.63, 3.8) is 0 Å². The van der Waals surface area contributed by atoms with Gasteiger partial charge in [-0.05, 0) is 79.9 Å². The van der Waals surface area contributed by atoms with Gasteiger partial charge in [0.2, 0.25) is 0 Å². The third-order valence-corrected chi connectivity index (χ3v) is 8.93. The predicted molar refractivity (Wildman–Crippen MR) is 181 cm³/mol. The van der Waals surface area contributed by atoms with Gasteiger partial charge in [-0.2, -0.15) is 0 Å². The topological polar surface area (TPSA) is 78.9 Å². The molecule has 1 fully saturated rings. The number of likely N-dealkylation sites (tertiary alicyclic amines) is 1. The van der Waals surface area contributed by atoms with Crippen molar-refractivity contribution in [1.82, 2.24) is 24.8 Å². The lowest BCUT2D eigenvalue weighted by molar-refractivity contribution is 0.331. The van der Waals surface area contributed by atoms with Gasteiger partial charge in [0.1, 0.15) is 11.0 Å². The van der Waals surface area contributed by atoms with Crippen LogP contribution in [0.5, 0.6) is 0 Å². The Balaban J connectivity index is 1.18. The van der Waals surface area contributed by atoms with E-state index in [1.54, 1.807) is 12.4 Å². The van der Waals surface area contributed by atoms with E-state index >= 15 is 0 Å². The predicted octanol–water partition coefficient (Wildman–Crippen LogP) is 9.19. The molecule has 1 aliphatic heterocycles. The zero-order valence-corrected chi connectivity index (χ0v) is 25.8. The molecule has 0 aliphatic carbocycles. The minimum absolute atomic E-state index is 0.533. The summed E-state index contributed by atoms with van der Waals surface area (Å²) in [7, 11) is 0. The number of aromatic nitrogens is 4. The molecule has 0 radical (unpaired) electrons. The van der Waals surface area contributed by atoms with Crippen LogP contribution < -0.4 is 10.6 Å². The molecular formula is C35H31Cl2N7. The second-order valence-corrected chi connectivity index (χ2v) is 11.8. The molecule has 4 aromatic heterocycles. The number of benzene rings is 2. The van der Waals surface area contributed by atoms with Crippen LogP contribution in [-0.4, -0.2) is 37.9 Å². The van der Waals surface area contributed by atoms with Crippen molar-refractivity contribution >= 4 is 68.0 Å². The fourth-order valence-electron chi connectivity index (χ4n) is 5.80. The molecule has 0 atom stereocenters. The van der Waals surface area contributed by atoms with E-state index in [1.807, 2.05) is 60.9 Å². The zero-order valence-electron chi connectivity index (χ0n) is 24.3. The van der Waals surface area contributed by atoms with Gasteiger partial charge in [-0.25, -0.2) is 9.97 Å². The number of aryl methyl sites for hydroxylation is 1. The molecule has 0 amide bonds. The number of nitrogens with one attached hydrogen (secondary N) is 2. The second kappa shape index (κ2) is 12.4. The molecule has 5 heterocycles. The Bertz CT molecular complexity index is 1990. The summed E-state index contributed by atoms with van der Waals surface area (Å²) in [6, 6.07) is 20.0. The Labute approximate surface area is 266 Å². The molecule has 7 rings (SSSR count). The van der Waals surface area contributed by atoms with Gasteiger partial charge in [0.25, 0.3) is 0 Å². The van der Waals surface area contributed by atoms with Crippen molar-refractivity contribution in [2.75, 3.05) is 23.7 Å². The van der Waals surface area contributed by atoms with Crippen LogP contribution in [0.3, 0.4) is 0 Å². The largest absolute Gasteiger partial charge is 0.337 e. The van der Waals surface area contributed by atoms with Gasteiger partial charge in [0.15, 0.2) is 11.6 Å². The van der Waals surface area contributed by atoms with Gasteiger partial charge in [-0.1, -0.05) is 54.4 Å². The number of anilines is 4. The molecule has 1 aliphatic rings. The fourth-order valence-corrected chi connectivity index (χ4v) is 6.35. The van der Waals surface area contributed by atoms with Crippen molar-refractivity contribution in [3.8, 4) is 11.1 Å². The van der Waals surface area contributed by atoms with Crippen molar-refractivity contribution < 1.29 is 0 Å². The van der Waals surface area contributed by atoms with E-state index in [0.717, 1.165) is 59.0 Å². The van der Waals surface area contributed by atoms with Crippen LogP contribution in [0.4, 0.5) is 23.0 Å². The zero-order chi connectivity index (χ0) is 30.0. The van der Waals surface area contributed by atoms with E-state index in [1.165, 1.54) is 24.0 Å². The lowest BCUT2D eigenvalue weighted by atomic mass is 10.0. The van der Waals surface area contributed by atoms with E-state index in [0.29, 0.717) is 33.1 Å². The molecule has 7 nitrogen and oxygen atoms in total. The minimum atomic E-state index is 0.533. The van der Waals surface area contributed by atoms with Crippen LogP contribution in [0.15, 0.2) is 85.5 Å². The number of nitrogens with zero attached hydrogens (tertiary/aromatic N) is 5. The van der Waals surface area contributed by atoms with E-state index in [2.05, 4.69) is 49.5 Å². The quantitative estimate of drug-likeness (QED) is 0.176. The van der Waals surface area contributed by atoms with Crippen molar-refractivity contribution in [1.29, 1.82) is 0 Å². The fraction of sp³-hybridized carbons (Fsp3) is 0.200. The Morgan fingerprint density at radius 1 is 0.682 bits per heavy atom. The summed E-state index contributed by atoms with van der Waals surface area (Å²) in [6.45, 7) is 5.33. The molecule has 6 aromatic rings. The summed E-state index contributed by atoms with van der Waals surface area (Å²) >= 11 is 14.1. The van der Waals surface area contributed by atoms with Gasteiger partial charge in [-0.15, -0.1) is 0 Å². The number of hydrogen-bond donors (Lipinski definition) is 2. The number of rotatable bonds is 8. The monoisotopic (exact) mass is 619 g/mol. The van der Waals surface area contributed by atoms with Gasteiger partial charge < -0.3 is 10.6 Å². The van der Waals surface area contributed by atoms with Crippen LogP contribution in [0.2, 0.25) is 10.0 Å². The van der Waals surface area contributed by atoms with E-state index in [4.69, 9.17) is 28.2 Å². The van der Waals surface area contributed by atoms with Crippen LogP contribution in [-0.2, 0) is 13.0 Å². The number of fused-ring (bicyclic) bond motifs is 2. The van der Waals surface area contributed by atoms with Gasteiger partial charge in [0, 0.05) is 53.2 Å². The maximum atomic E-state index is 7.04. The Morgan fingerprint density at radius 3 is 1.75 bits per heavy atom. The minimum Gasteiger partial charge on any atom is -0.337 e. The molecule has 44 heavy (non-hydrogen) atoms. The summed E-state index contributed by atoms with van der Waals surface area (Å²) in [5.74, 6) is 1.29. The maximum Gasteiger partial charge on any atom is 0.156 e. The summed E-state index contributed by atoms with van der Waals surface area (Å²) in [5.41, 5.74) is 6.98. The van der Waals surface area contributed by atoms with Crippen molar-refractivity contribution in [3.05, 3.63) is 107 Å². The number of hydrogen-bond acceptors (Lipinski definition) is 7. The Hall–Kier alpha value is -4.30. The van der Waals surface area contributed by atoms with Crippen LogP contribution in [0.25, 0.3) is 32.9 Å². The first-order valence-electron chi connectivity index (χ1n) is 14.9. The van der Waals surface area contributed by atoms with Crippen LogP contribution in [0, 0.1) is 0 Å². The molecular weight excluding hydrogens is 589 g/mol. The Kier molecular flexibility index (Phi) is 8.00. The van der Waals surface area contributed by atoms with E-state index in [9.17, 15) is 0 Å². The molecule has 0 bridgehead atoms. The standard InChI is InChI=1S/C35H31Cl2N7/c1-2-22-17-24-11-13-38-34(32(24)40-19-22)42-28-9-5-7-26(30(28)36)27-8-6-10-29(31(27)37)43-35-33-25(12-14-39-35)18-23(20-41-33)21-44-15-3-4-16-44/h5-14,17-20H,2-4,15-16,21H2,1H3,(H,38,42)(H,39,43). The van der Waals surface area contributed by atoms with Crippen molar-refractivity contribution in [2.24, 2.45) is 0 Å². The lowest BCUT2D eigenvalue weighted by Crippen LogP contribution is -2.18. The van der Waals surface area contributed by atoms with E-state index < -0.39 is 0 Å². The van der Waals surface area contributed by atoms with Crippen LogP contribution >= 0.6 is 23.2 Å². The first-order chi connectivity index (χ1) is 21.6. The number of pyridine rings is 4. The summed E-state index contributed by atoms with van der Waals surface area (Å²) in [6.07, 6.45) is 10.9. The lowest BCUT2D eigenvalue weighted by Gasteiger charge is -2.16. The first kappa shape index (κ1) is 28.5. The summed E-state index contributed by atoms with van der Waals surface area (Å²) in [4.78, 5) is 21.1. The van der Waals surface area contributed by atoms with Crippen molar-refractivity contribution in [2.45, 2.75) is 32.7 Å². The molecule has 0 saturated carbocycles. The van der Waals surface area contributed by atoms with Crippen LogP contribution in [0.1, 0.15) is 30.9 Å². The third-order valence-electron chi connectivity index (χ3n) is 8.12. The molecule has 2 N–H and O–H groups in total. The average Bonchev–Trinajstić information content (AvgIpc) is 3.56. The molecule has 2 aromatic carbocycles. The summed E-state index contributed by atoms with van der Waals surface area (Å²) in [5, 5.41) is 9.96.